The van der Waals surface area contributed by atoms with E-state index in [1.807, 2.05) is 105 Å². The molecule has 3 aromatic heterocycles. The lowest BCUT2D eigenvalue weighted by atomic mass is 9.68. The number of allylic oxidation sites excluding steroid dienone is 6. The number of nitrogens with zero attached hydrogens (tertiary/aromatic N) is 5. The van der Waals surface area contributed by atoms with Crippen molar-refractivity contribution in [2.24, 2.45) is 0 Å². The SMILES string of the molecule is C/C=C\C.C1=CCCC=C1.c1ccc(-c2nc(-c3ccccc3)nc(-c3cccc(-c4cccc(-c5cccc6c5-c5ccccc5C6(c5ccccc5)c5ccncc5)n4)c3)n2)cc1. The van der Waals surface area contributed by atoms with Crippen LogP contribution in [0.1, 0.15) is 48.9 Å². The summed E-state index contributed by atoms with van der Waals surface area (Å²) in [5.74, 6) is 1.87. The molecule has 0 saturated carbocycles. The van der Waals surface area contributed by atoms with Crippen LogP contribution in [-0.2, 0) is 5.41 Å². The molecule has 9 aromatic rings. The summed E-state index contributed by atoms with van der Waals surface area (Å²) in [6.07, 6.45) is 18.8. The number of pyridine rings is 2. The molecule has 0 fully saturated rings. The van der Waals surface area contributed by atoms with Crippen molar-refractivity contribution < 1.29 is 0 Å². The molecule has 1 atom stereocenters. The Kier molecular flexibility index (Phi) is 12.9. The first kappa shape index (κ1) is 42.2. The van der Waals surface area contributed by atoms with Crippen molar-refractivity contribution in [2.45, 2.75) is 32.1 Å². The fourth-order valence-electron chi connectivity index (χ4n) is 8.66. The summed E-state index contributed by atoms with van der Waals surface area (Å²) < 4.78 is 0. The lowest BCUT2D eigenvalue weighted by Crippen LogP contribution is -2.28. The van der Waals surface area contributed by atoms with Crippen molar-refractivity contribution in [3.63, 3.8) is 0 Å². The van der Waals surface area contributed by atoms with Gasteiger partial charge in [0.2, 0.25) is 0 Å². The van der Waals surface area contributed by atoms with Gasteiger partial charge in [0.1, 0.15) is 0 Å². The van der Waals surface area contributed by atoms with Gasteiger partial charge in [-0.3, -0.25) is 4.98 Å². The minimum absolute atomic E-state index is 0.514. The largest absolute Gasteiger partial charge is 0.265 e. The summed E-state index contributed by atoms with van der Waals surface area (Å²) in [5.41, 5.74) is 13.4. The Bertz CT molecular complexity index is 2990. The van der Waals surface area contributed by atoms with Crippen molar-refractivity contribution in [3.05, 3.63) is 259 Å². The molecule has 65 heavy (non-hydrogen) atoms. The molecule has 11 rings (SSSR count). The van der Waals surface area contributed by atoms with Crippen LogP contribution < -0.4 is 0 Å². The monoisotopic (exact) mass is 839 g/mol. The fourth-order valence-corrected chi connectivity index (χ4v) is 8.66. The molecule has 0 spiro atoms. The highest BCUT2D eigenvalue weighted by molar-refractivity contribution is 5.95. The molecule has 6 aromatic carbocycles. The van der Waals surface area contributed by atoms with Crippen LogP contribution in [0.3, 0.4) is 0 Å². The van der Waals surface area contributed by atoms with Crippen LogP contribution in [-0.4, -0.2) is 24.9 Å². The van der Waals surface area contributed by atoms with Crippen LogP contribution in [0, 0.1) is 0 Å². The van der Waals surface area contributed by atoms with E-state index in [9.17, 15) is 0 Å². The number of hydrogen-bond donors (Lipinski definition) is 0. The quantitative estimate of drug-likeness (QED) is 0.150. The molecule has 314 valence electrons. The van der Waals surface area contributed by atoms with Gasteiger partial charge >= 0.3 is 0 Å². The highest BCUT2D eigenvalue weighted by Crippen LogP contribution is 2.58. The van der Waals surface area contributed by atoms with Crippen LogP contribution in [0.25, 0.3) is 67.8 Å². The average molecular weight is 840 g/mol. The lowest BCUT2D eigenvalue weighted by molar-refractivity contribution is 0.766. The third-order valence-corrected chi connectivity index (χ3v) is 11.7. The van der Waals surface area contributed by atoms with E-state index < -0.39 is 5.41 Å². The second kappa shape index (κ2) is 19.9. The first-order valence-electron chi connectivity index (χ1n) is 22.2. The molecule has 5 nitrogen and oxygen atoms in total. The standard InChI is InChI=1S/C50H33N5.C6H8.C4H8/c1-4-15-34(16-5-1)47-53-48(35-17-6-2-7-18-35)55-49(54-47)37-20-12-19-36(33-37)44-27-14-28-45(52-44)41-24-13-26-43-46(41)40-23-10-11-25-42(40)50(43,38-21-8-3-9-22-38)39-29-31-51-32-30-39;1-2-4-6-5-3-1;1-3-4-2/h1-33H;1-4H,5-6H2;3-4H,1-2H3/b;;4-3-. The van der Waals surface area contributed by atoms with Crippen LogP contribution in [0.5, 0.6) is 0 Å². The van der Waals surface area contributed by atoms with Gasteiger partial charge in [-0.05, 0) is 90.4 Å². The van der Waals surface area contributed by atoms with Crippen molar-refractivity contribution in [3.8, 4) is 67.8 Å². The minimum Gasteiger partial charge on any atom is -0.265 e. The van der Waals surface area contributed by atoms with Crippen LogP contribution in [0.4, 0.5) is 0 Å². The second-order valence-electron chi connectivity index (χ2n) is 15.8. The summed E-state index contributed by atoms with van der Waals surface area (Å²) in [7, 11) is 0. The predicted octanol–water partition coefficient (Wildman–Crippen LogP) is 14.8. The smallest absolute Gasteiger partial charge is 0.164 e. The highest BCUT2D eigenvalue weighted by Gasteiger charge is 2.46. The van der Waals surface area contributed by atoms with E-state index >= 15 is 0 Å². The average Bonchev–Trinajstić information content (AvgIpc) is 3.71. The maximum Gasteiger partial charge on any atom is 0.164 e. The van der Waals surface area contributed by atoms with Gasteiger partial charge in [0.05, 0.1) is 16.8 Å². The first-order chi connectivity index (χ1) is 32.2. The van der Waals surface area contributed by atoms with Gasteiger partial charge in [-0.15, -0.1) is 0 Å². The Morgan fingerprint density at radius 3 is 1.49 bits per heavy atom. The molecule has 0 amide bonds. The van der Waals surface area contributed by atoms with E-state index in [1.54, 1.807) is 0 Å². The molecule has 0 saturated heterocycles. The zero-order chi connectivity index (χ0) is 44.3. The van der Waals surface area contributed by atoms with Gasteiger partial charge in [-0.2, -0.15) is 0 Å². The highest BCUT2D eigenvalue weighted by atomic mass is 15.0. The summed E-state index contributed by atoms with van der Waals surface area (Å²) in [6, 6.07) is 65.3. The minimum atomic E-state index is -0.514. The predicted molar refractivity (Wildman–Crippen MR) is 268 cm³/mol. The van der Waals surface area contributed by atoms with Crippen LogP contribution >= 0.6 is 0 Å². The van der Waals surface area contributed by atoms with E-state index in [-0.39, 0.29) is 0 Å². The lowest BCUT2D eigenvalue weighted by Gasteiger charge is -2.33. The molecule has 0 bridgehead atoms. The molecule has 2 aliphatic carbocycles. The van der Waals surface area contributed by atoms with E-state index in [0.717, 1.165) is 39.2 Å². The van der Waals surface area contributed by atoms with E-state index in [2.05, 4.69) is 151 Å². The second-order valence-corrected chi connectivity index (χ2v) is 15.8. The third-order valence-electron chi connectivity index (χ3n) is 11.7. The Hall–Kier alpha value is -8.15. The summed E-state index contributed by atoms with van der Waals surface area (Å²) >= 11 is 0. The molecule has 5 heteroatoms. The van der Waals surface area contributed by atoms with E-state index in [0.29, 0.717) is 17.5 Å². The van der Waals surface area contributed by atoms with Crippen molar-refractivity contribution in [1.82, 2.24) is 24.9 Å². The number of rotatable bonds is 7. The zero-order valence-electron chi connectivity index (χ0n) is 36.7. The van der Waals surface area contributed by atoms with Crippen LogP contribution in [0.2, 0.25) is 0 Å². The van der Waals surface area contributed by atoms with Crippen molar-refractivity contribution >= 4 is 0 Å². The number of fused-ring (bicyclic) bond motifs is 3. The van der Waals surface area contributed by atoms with Gasteiger partial charge in [0, 0.05) is 40.2 Å². The summed E-state index contributed by atoms with van der Waals surface area (Å²) in [6.45, 7) is 4.00. The molecule has 3 heterocycles. The Balaban J connectivity index is 0.000000478. The number of hydrogen-bond acceptors (Lipinski definition) is 5. The number of benzene rings is 6. The van der Waals surface area contributed by atoms with E-state index in [4.69, 9.17) is 19.9 Å². The fraction of sp³-hybridized carbons (Fsp3) is 0.0833. The maximum absolute atomic E-state index is 5.36. The van der Waals surface area contributed by atoms with Crippen molar-refractivity contribution in [1.29, 1.82) is 0 Å². The summed E-state index contributed by atoms with van der Waals surface area (Å²) in [4.78, 5) is 24.6. The van der Waals surface area contributed by atoms with Gasteiger partial charge in [0.25, 0.3) is 0 Å². The third kappa shape index (κ3) is 8.78. The van der Waals surface area contributed by atoms with Gasteiger partial charge in [-0.25, -0.2) is 19.9 Å². The number of aromatic nitrogens is 5. The Morgan fingerprint density at radius 1 is 0.400 bits per heavy atom. The maximum atomic E-state index is 5.36. The van der Waals surface area contributed by atoms with Gasteiger partial charge in [0.15, 0.2) is 17.5 Å². The molecular formula is C60H49N5. The van der Waals surface area contributed by atoms with Gasteiger partial charge in [-0.1, -0.05) is 194 Å². The Labute approximate surface area is 382 Å². The van der Waals surface area contributed by atoms with Crippen LogP contribution in [0.15, 0.2) is 237 Å². The molecule has 2 aliphatic rings. The Morgan fingerprint density at radius 2 is 0.877 bits per heavy atom. The van der Waals surface area contributed by atoms with E-state index in [1.165, 1.54) is 46.2 Å². The topological polar surface area (TPSA) is 64.5 Å². The molecule has 0 N–H and O–H groups in total. The molecule has 0 aliphatic heterocycles. The van der Waals surface area contributed by atoms with Gasteiger partial charge < -0.3 is 0 Å². The van der Waals surface area contributed by atoms with Crippen molar-refractivity contribution in [2.75, 3.05) is 0 Å². The molecular weight excluding hydrogens is 791 g/mol. The first-order valence-corrected chi connectivity index (χ1v) is 22.2. The molecule has 1 unspecified atom stereocenters. The normalized spacial score (nSPS) is 14.4. The zero-order valence-corrected chi connectivity index (χ0v) is 36.7. The molecule has 0 radical (unpaired) electrons. The summed E-state index contributed by atoms with van der Waals surface area (Å²) in [5, 5.41) is 0.